The first-order valence-corrected chi connectivity index (χ1v) is 4.28. The molecule has 0 spiro atoms. The molecule has 0 aromatic rings. The molecule has 0 radical (unpaired) electrons. The average Bonchev–Trinajstić information content (AvgIpc) is 2.06. The molecule has 1 unspecified atom stereocenters. The molecule has 1 saturated carbocycles. The monoisotopic (exact) mass is 160 g/mol. The van der Waals surface area contributed by atoms with Crippen LogP contribution in [0, 0.1) is 0 Å². The van der Waals surface area contributed by atoms with E-state index in [2.05, 4.69) is 4.89 Å². The van der Waals surface area contributed by atoms with Crippen molar-refractivity contribution in [2.45, 2.75) is 51.4 Å². The highest BCUT2D eigenvalue weighted by molar-refractivity contribution is 4.64. The molecule has 0 aromatic heterocycles. The van der Waals surface area contributed by atoms with Gasteiger partial charge in [-0.05, 0) is 19.8 Å². The minimum atomic E-state index is -0.474. The van der Waals surface area contributed by atoms with E-state index < -0.39 is 6.29 Å². The third-order valence-electron chi connectivity index (χ3n) is 2.08. The van der Waals surface area contributed by atoms with Gasteiger partial charge in [0, 0.05) is 0 Å². The van der Waals surface area contributed by atoms with Gasteiger partial charge in [0.15, 0.2) is 6.29 Å². The van der Waals surface area contributed by atoms with E-state index >= 15 is 0 Å². The predicted molar refractivity (Wildman–Crippen MR) is 41.1 cm³/mol. The van der Waals surface area contributed by atoms with Crippen molar-refractivity contribution in [1.29, 1.82) is 0 Å². The van der Waals surface area contributed by atoms with Gasteiger partial charge in [0.25, 0.3) is 0 Å². The fraction of sp³-hybridized carbons (Fsp3) is 1.00. The minimum absolute atomic E-state index is 0.297. The van der Waals surface area contributed by atoms with Crippen molar-refractivity contribution < 1.29 is 14.9 Å². The van der Waals surface area contributed by atoms with E-state index in [-0.39, 0.29) is 0 Å². The van der Waals surface area contributed by atoms with Crippen molar-refractivity contribution >= 4 is 0 Å². The van der Waals surface area contributed by atoms with E-state index in [1.54, 1.807) is 6.92 Å². The molecule has 1 fully saturated rings. The van der Waals surface area contributed by atoms with Crippen LogP contribution >= 0.6 is 0 Å². The van der Waals surface area contributed by atoms with E-state index in [0.717, 1.165) is 12.8 Å². The Kier molecular flexibility index (Phi) is 3.83. The molecular formula is C8H16O3. The smallest absolute Gasteiger partial charge is 0.188 e. The fourth-order valence-corrected chi connectivity index (χ4v) is 1.50. The quantitative estimate of drug-likeness (QED) is 0.390. The van der Waals surface area contributed by atoms with Gasteiger partial charge in [-0.3, -0.25) is 0 Å². The Labute approximate surface area is 67.2 Å². The van der Waals surface area contributed by atoms with Gasteiger partial charge >= 0.3 is 0 Å². The maximum absolute atomic E-state index is 8.24. The zero-order valence-corrected chi connectivity index (χ0v) is 6.95. The Balaban J connectivity index is 2.13. The van der Waals surface area contributed by atoms with Gasteiger partial charge in [-0.15, -0.1) is 0 Å². The summed E-state index contributed by atoms with van der Waals surface area (Å²) in [6.07, 6.45) is 5.82. The highest BCUT2D eigenvalue weighted by atomic mass is 17.1. The van der Waals surface area contributed by atoms with Gasteiger partial charge in [-0.25, -0.2) is 10.1 Å². The lowest BCUT2D eigenvalue weighted by atomic mass is 9.98. The molecule has 1 N–H and O–H groups in total. The molecule has 3 heteroatoms. The molecule has 0 bridgehead atoms. The third-order valence-corrected chi connectivity index (χ3v) is 2.08. The van der Waals surface area contributed by atoms with Crippen LogP contribution in [0.4, 0.5) is 0 Å². The molecule has 0 saturated heterocycles. The first-order chi connectivity index (χ1) is 5.33. The number of hydrogen-bond acceptors (Lipinski definition) is 3. The van der Waals surface area contributed by atoms with Crippen LogP contribution < -0.4 is 0 Å². The van der Waals surface area contributed by atoms with Gasteiger partial charge < -0.3 is 4.74 Å². The van der Waals surface area contributed by atoms with Crippen LogP contribution in [0.15, 0.2) is 0 Å². The Hall–Kier alpha value is -0.120. The lowest BCUT2D eigenvalue weighted by Crippen LogP contribution is -2.23. The summed E-state index contributed by atoms with van der Waals surface area (Å²) in [5.41, 5.74) is 0. The molecule has 1 atom stereocenters. The molecule has 0 heterocycles. The molecule has 0 amide bonds. The van der Waals surface area contributed by atoms with E-state index in [1.807, 2.05) is 0 Å². The summed E-state index contributed by atoms with van der Waals surface area (Å²) >= 11 is 0. The molecule has 3 nitrogen and oxygen atoms in total. The Morgan fingerprint density at radius 2 is 1.91 bits per heavy atom. The third kappa shape index (κ3) is 3.18. The minimum Gasteiger partial charge on any atom is -0.347 e. The summed E-state index contributed by atoms with van der Waals surface area (Å²) in [5, 5.41) is 8.24. The zero-order chi connectivity index (χ0) is 8.10. The summed E-state index contributed by atoms with van der Waals surface area (Å²) in [7, 11) is 0. The van der Waals surface area contributed by atoms with Crippen LogP contribution in [-0.2, 0) is 9.62 Å². The first-order valence-electron chi connectivity index (χ1n) is 4.28. The van der Waals surface area contributed by atoms with Crippen molar-refractivity contribution in [1.82, 2.24) is 0 Å². The SMILES string of the molecule is CC(OO)OC1CCCCC1. The van der Waals surface area contributed by atoms with Gasteiger partial charge in [-0.1, -0.05) is 19.3 Å². The van der Waals surface area contributed by atoms with Crippen molar-refractivity contribution in [3.8, 4) is 0 Å². The van der Waals surface area contributed by atoms with Crippen LogP contribution in [-0.4, -0.2) is 17.7 Å². The van der Waals surface area contributed by atoms with Crippen molar-refractivity contribution in [3.63, 3.8) is 0 Å². The second-order valence-corrected chi connectivity index (χ2v) is 3.07. The van der Waals surface area contributed by atoms with Gasteiger partial charge in [0.1, 0.15) is 0 Å². The van der Waals surface area contributed by atoms with E-state index in [0.29, 0.717) is 6.10 Å². The molecule has 1 aliphatic rings. The molecule has 1 aliphatic carbocycles. The lowest BCUT2D eigenvalue weighted by Gasteiger charge is -2.23. The van der Waals surface area contributed by atoms with Crippen molar-refractivity contribution in [2.75, 3.05) is 0 Å². The Morgan fingerprint density at radius 1 is 1.27 bits per heavy atom. The van der Waals surface area contributed by atoms with Gasteiger partial charge in [0.2, 0.25) is 0 Å². The van der Waals surface area contributed by atoms with Crippen LogP contribution in [0.25, 0.3) is 0 Å². The fourth-order valence-electron chi connectivity index (χ4n) is 1.50. The Bertz CT molecular complexity index is 99.5. The highest BCUT2D eigenvalue weighted by Crippen LogP contribution is 2.21. The topological polar surface area (TPSA) is 38.7 Å². The zero-order valence-electron chi connectivity index (χ0n) is 6.95. The predicted octanol–water partition coefficient (Wildman–Crippen LogP) is 2.17. The normalized spacial score (nSPS) is 23.5. The van der Waals surface area contributed by atoms with Crippen LogP contribution in [0.2, 0.25) is 0 Å². The van der Waals surface area contributed by atoms with Gasteiger partial charge in [-0.2, -0.15) is 0 Å². The lowest BCUT2D eigenvalue weighted by molar-refractivity contribution is -0.349. The van der Waals surface area contributed by atoms with Gasteiger partial charge in [0.05, 0.1) is 6.10 Å². The second kappa shape index (κ2) is 4.70. The van der Waals surface area contributed by atoms with Crippen molar-refractivity contribution in [3.05, 3.63) is 0 Å². The van der Waals surface area contributed by atoms with Crippen LogP contribution in [0.5, 0.6) is 0 Å². The van der Waals surface area contributed by atoms with Crippen LogP contribution in [0.1, 0.15) is 39.0 Å². The largest absolute Gasteiger partial charge is 0.347 e. The maximum Gasteiger partial charge on any atom is 0.188 e. The molecule has 0 aromatic carbocycles. The summed E-state index contributed by atoms with van der Waals surface area (Å²) in [6, 6.07) is 0. The highest BCUT2D eigenvalue weighted by Gasteiger charge is 2.16. The number of hydrogen-bond donors (Lipinski definition) is 1. The van der Waals surface area contributed by atoms with E-state index in [9.17, 15) is 0 Å². The molecular weight excluding hydrogens is 144 g/mol. The van der Waals surface area contributed by atoms with E-state index in [1.165, 1.54) is 19.3 Å². The molecule has 11 heavy (non-hydrogen) atoms. The summed E-state index contributed by atoms with van der Waals surface area (Å²) in [6.45, 7) is 1.70. The molecule has 1 rings (SSSR count). The molecule has 0 aliphatic heterocycles. The Morgan fingerprint density at radius 3 is 2.45 bits per heavy atom. The summed E-state index contributed by atoms with van der Waals surface area (Å²) in [4.78, 5) is 4.03. The average molecular weight is 160 g/mol. The standard InChI is InChI=1S/C8H16O3/c1-7(11-9)10-8-5-3-2-4-6-8/h7-9H,2-6H2,1H3. The number of ether oxygens (including phenoxy) is 1. The van der Waals surface area contributed by atoms with Crippen molar-refractivity contribution in [2.24, 2.45) is 0 Å². The second-order valence-electron chi connectivity index (χ2n) is 3.07. The van der Waals surface area contributed by atoms with Crippen LogP contribution in [0.3, 0.4) is 0 Å². The summed E-state index contributed by atoms with van der Waals surface area (Å²) < 4.78 is 5.37. The number of rotatable bonds is 3. The first kappa shape index (κ1) is 8.97. The summed E-state index contributed by atoms with van der Waals surface area (Å²) in [5.74, 6) is 0. The molecule has 66 valence electrons. The maximum atomic E-state index is 8.24. The van der Waals surface area contributed by atoms with E-state index in [4.69, 9.17) is 9.99 Å².